The number of aromatic nitrogens is 1. The number of hydrogen-bond acceptors (Lipinski definition) is 6. The monoisotopic (exact) mass is 329 g/mol. The molecule has 2 heterocycles. The number of ether oxygens (including phenoxy) is 1. The molecule has 0 aliphatic carbocycles. The van der Waals surface area contributed by atoms with E-state index in [0.29, 0.717) is 0 Å². The zero-order valence-electron chi connectivity index (χ0n) is 12.2. The summed E-state index contributed by atoms with van der Waals surface area (Å²) in [6, 6.07) is 11.9. The molecule has 3 aromatic rings. The number of nitrogens with zero attached hydrogens (tertiary/aromatic N) is 2. The number of thiazole rings is 1. The Kier molecular flexibility index (Phi) is 4.50. The largest absolute Gasteiger partial charge is 0.497 e. The van der Waals surface area contributed by atoms with Crippen LogP contribution in [-0.4, -0.2) is 17.8 Å². The molecule has 0 atom stereocenters. The third-order valence-corrected chi connectivity index (χ3v) is 4.81. The maximum absolute atomic E-state index is 5.16. The molecule has 4 nitrogen and oxygen atoms in total. The predicted octanol–water partition coefficient (Wildman–Crippen LogP) is 4.72. The van der Waals surface area contributed by atoms with Crippen molar-refractivity contribution in [3.63, 3.8) is 0 Å². The summed E-state index contributed by atoms with van der Waals surface area (Å²) < 4.78 is 5.16. The summed E-state index contributed by atoms with van der Waals surface area (Å²) in [6.07, 6.45) is 0. The van der Waals surface area contributed by atoms with Crippen LogP contribution in [0.2, 0.25) is 0 Å². The summed E-state index contributed by atoms with van der Waals surface area (Å²) in [5, 5.41) is 9.21. The fourth-order valence-electron chi connectivity index (χ4n) is 1.89. The van der Waals surface area contributed by atoms with Gasteiger partial charge in [-0.2, -0.15) is 5.10 Å². The van der Waals surface area contributed by atoms with Crippen LogP contribution < -0.4 is 10.2 Å². The summed E-state index contributed by atoms with van der Waals surface area (Å²) in [6.45, 7) is 1.98. The third-order valence-electron chi connectivity index (χ3n) is 3.09. The van der Waals surface area contributed by atoms with Gasteiger partial charge in [-0.1, -0.05) is 6.07 Å². The molecule has 1 aromatic carbocycles. The van der Waals surface area contributed by atoms with E-state index < -0.39 is 0 Å². The molecule has 0 aliphatic rings. The van der Waals surface area contributed by atoms with E-state index in [2.05, 4.69) is 21.6 Å². The van der Waals surface area contributed by atoms with Gasteiger partial charge in [0.2, 0.25) is 5.13 Å². The van der Waals surface area contributed by atoms with Gasteiger partial charge in [0.15, 0.2) is 0 Å². The fourth-order valence-corrected chi connectivity index (χ4v) is 3.23. The molecule has 0 fully saturated rings. The Morgan fingerprint density at radius 3 is 2.68 bits per heavy atom. The molecule has 0 radical (unpaired) electrons. The van der Waals surface area contributed by atoms with Gasteiger partial charge in [-0.05, 0) is 42.6 Å². The van der Waals surface area contributed by atoms with Crippen molar-refractivity contribution in [2.24, 2.45) is 5.10 Å². The van der Waals surface area contributed by atoms with Crippen LogP contribution in [0.1, 0.15) is 11.8 Å². The van der Waals surface area contributed by atoms with Crippen LogP contribution in [0.15, 0.2) is 52.3 Å². The van der Waals surface area contributed by atoms with Crippen LogP contribution in [-0.2, 0) is 0 Å². The highest BCUT2D eigenvalue weighted by molar-refractivity contribution is 7.14. The quantitative estimate of drug-likeness (QED) is 0.544. The molecule has 0 spiro atoms. The van der Waals surface area contributed by atoms with E-state index >= 15 is 0 Å². The Morgan fingerprint density at radius 2 is 2.00 bits per heavy atom. The molecule has 0 unspecified atom stereocenters. The fraction of sp³-hybridized carbons (Fsp3) is 0.125. The molecule has 1 N–H and O–H groups in total. The van der Waals surface area contributed by atoms with E-state index in [1.807, 2.05) is 48.0 Å². The number of anilines is 1. The zero-order valence-corrected chi connectivity index (χ0v) is 13.9. The smallest absolute Gasteiger partial charge is 0.203 e. The van der Waals surface area contributed by atoms with Crippen molar-refractivity contribution >= 4 is 33.5 Å². The van der Waals surface area contributed by atoms with Crippen molar-refractivity contribution in [1.29, 1.82) is 0 Å². The molecule has 0 bridgehead atoms. The van der Waals surface area contributed by atoms with Crippen molar-refractivity contribution in [3.8, 4) is 17.0 Å². The Balaban J connectivity index is 1.72. The average molecular weight is 329 g/mol. The first-order valence-corrected chi connectivity index (χ1v) is 8.46. The second-order valence-electron chi connectivity index (χ2n) is 4.55. The molecule has 22 heavy (non-hydrogen) atoms. The maximum atomic E-state index is 5.16. The highest BCUT2D eigenvalue weighted by atomic mass is 32.1. The van der Waals surface area contributed by atoms with Gasteiger partial charge in [0.1, 0.15) is 5.75 Å². The predicted molar refractivity (Wildman–Crippen MR) is 94.3 cm³/mol. The van der Waals surface area contributed by atoms with Crippen LogP contribution in [0.25, 0.3) is 11.3 Å². The van der Waals surface area contributed by atoms with E-state index in [1.165, 1.54) is 11.3 Å². The molecule has 112 valence electrons. The number of hydrogen-bond donors (Lipinski definition) is 1. The molecular formula is C16H15N3OS2. The summed E-state index contributed by atoms with van der Waals surface area (Å²) in [4.78, 5) is 5.70. The molecule has 2 aromatic heterocycles. The lowest BCUT2D eigenvalue weighted by atomic mass is 10.2. The van der Waals surface area contributed by atoms with Crippen LogP contribution in [0, 0.1) is 0 Å². The van der Waals surface area contributed by atoms with Crippen LogP contribution in [0.4, 0.5) is 5.13 Å². The minimum absolute atomic E-state index is 0.779. The van der Waals surface area contributed by atoms with Crippen LogP contribution in [0.5, 0.6) is 5.75 Å². The second kappa shape index (κ2) is 6.72. The van der Waals surface area contributed by atoms with Gasteiger partial charge >= 0.3 is 0 Å². The Bertz CT molecular complexity index is 761. The van der Waals surface area contributed by atoms with Gasteiger partial charge in [0.05, 0.1) is 18.5 Å². The second-order valence-corrected chi connectivity index (χ2v) is 6.36. The average Bonchev–Trinajstić information content (AvgIpc) is 3.24. The molecule has 0 saturated carbocycles. The van der Waals surface area contributed by atoms with E-state index in [0.717, 1.165) is 32.7 Å². The van der Waals surface area contributed by atoms with Crippen molar-refractivity contribution in [2.45, 2.75) is 6.92 Å². The molecule has 6 heteroatoms. The first-order valence-electron chi connectivity index (χ1n) is 6.70. The van der Waals surface area contributed by atoms with Crippen molar-refractivity contribution in [3.05, 3.63) is 52.0 Å². The molecule has 0 aliphatic heterocycles. The van der Waals surface area contributed by atoms with E-state index in [9.17, 15) is 0 Å². The van der Waals surface area contributed by atoms with Gasteiger partial charge in [0.25, 0.3) is 0 Å². The summed E-state index contributed by atoms with van der Waals surface area (Å²) in [7, 11) is 1.66. The van der Waals surface area contributed by atoms with Crippen LogP contribution >= 0.6 is 22.7 Å². The normalized spacial score (nSPS) is 11.5. The summed E-state index contributed by atoms with van der Waals surface area (Å²) >= 11 is 3.21. The molecule has 0 amide bonds. The van der Waals surface area contributed by atoms with Gasteiger partial charge in [-0.3, -0.25) is 5.43 Å². The topological polar surface area (TPSA) is 46.5 Å². The number of hydrazone groups is 1. The number of rotatable bonds is 5. The summed E-state index contributed by atoms with van der Waals surface area (Å²) in [5.41, 5.74) is 5.97. The Morgan fingerprint density at radius 1 is 1.18 bits per heavy atom. The van der Waals surface area contributed by atoms with Gasteiger partial charge in [-0.25, -0.2) is 4.98 Å². The first-order chi connectivity index (χ1) is 10.8. The lowest BCUT2D eigenvalue weighted by Gasteiger charge is -2.00. The number of thiophene rings is 1. The van der Waals surface area contributed by atoms with Crippen molar-refractivity contribution in [2.75, 3.05) is 12.5 Å². The van der Waals surface area contributed by atoms with Gasteiger partial charge in [-0.15, -0.1) is 22.7 Å². The Labute approximate surface area is 137 Å². The van der Waals surface area contributed by atoms with Crippen molar-refractivity contribution < 1.29 is 4.74 Å². The highest BCUT2D eigenvalue weighted by Crippen LogP contribution is 2.26. The summed E-state index contributed by atoms with van der Waals surface area (Å²) in [5.74, 6) is 0.841. The number of nitrogens with one attached hydrogen (secondary N) is 1. The Hall–Kier alpha value is -2.18. The van der Waals surface area contributed by atoms with Gasteiger partial charge < -0.3 is 4.74 Å². The SMILES string of the molecule is COc1ccc(-c2csc(N/N=C(/C)c3cccs3)n2)cc1. The minimum Gasteiger partial charge on any atom is -0.497 e. The van der Waals surface area contributed by atoms with E-state index in [-0.39, 0.29) is 0 Å². The van der Waals surface area contributed by atoms with E-state index in [4.69, 9.17) is 4.74 Å². The highest BCUT2D eigenvalue weighted by Gasteiger charge is 2.05. The molecule has 3 rings (SSSR count). The zero-order chi connectivity index (χ0) is 15.4. The number of methoxy groups -OCH3 is 1. The maximum Gasteiger partial charge on any atom is 0.203 e. The van der Waals surface area contributed by atoms with Crippen LogP contribution in [0.3, 0.4) is 0 Å². The lowest BCUT2D eigenvalue weighted by Crippen LogP contribution is -1.96. The lowest BCUT2D eigenvalue weighted by molar-refractivity contribution is 0.415. The minimum atomic E-state index is 0.779. The van der Waals surface area contributed by atoms with E-state index in [1.54, 1.807) is 18.4 Å². The number of benzene rings is 1. The molecular weight excluding hydrogens is 314 g/mol. The standard InChI is InChI=1S/C16H15N3OS2/c1-11(15-4-3-9-21-15)18-19-16-17-14(10-22-16)12-5-7-13(20-2)8-6-12/h3-10H,1-2H3,(H,17,19)/b18-11-. The first kappa shape index (κ1) is 14.7. The molecule has 0 saturated heterocycles. The third kappa shape index (κ3) is 3.35. The van der Waals surface area contributed by atoms with Crippen molar-refractivity contribution in [1.82, 2.24) is 4.98 Å². The van der Waals surface area contributed by atoms with Gasteiger partial charge in [0, 0.05) is 15.8 Å².